The van der Waals surface area contributed by atoms with Crippen molar-refractivity contribution in [2.75, 3.05) is 7.05 Å². The summed E-state index contributed by atoms with van der Waals surface area (Å²) in [7, 11) is 1.93. The van der Waals surface area contributed by atoms with E-state index in [2.05, 4.69) is 112 Å². The van der Waals surface area contributed by atoms with Gasteiger partial charge in [-0.05, 0) is 102 Å². The second-order valence-corrected chi connectivity index (χ2v) is 8.09. The molecule has 3 aromatic carbocycles. The Labute approximate surface area is 187 Å². The SMILES string of the molecule is C=C(Cc1ccccc1)/C(=C\C)c1ccc(-c2ccc(C)c(C)c2/C=C\NC)c(C)c1. The van der Waals surface area contributed by atoms with Crippen LogP contribution in [-0.4, -0.2) is 7.05 Å². The van der Waals surface area contributed by atoms with Gasteiger partial charge in [0, 0.05) is 7.05 Å². The lowest BCUT2D eigenvalue weighted by Gasteiger charge is -2.17. The molecule has 0 aliphatic rings. The highest BCUT2D eigenvalue weighted by Gasteiger charge is 2.13. The van der Waals surface area contributed by atoms with Gasteiger partial charge in [0.2, 0.25) is 0 Å². The summed E-state index contributed by atoms with van der Waals surface area (Å²) in [5.41, 5.74) is 12.6. The fraction of sp³-hybridized carbons (Fsp3) is 0.200. The molecule has 0 atom stereocenters. The summed E-state index contributed by atoms with van der Waals surface area (Å²) < 4.78 is 0. The first kappa shape index (κ1) is 22.4. The van der Waals surface area contributed by atoms with Gasteiger partial charge >= 0.3 is 0 Å². The van der Waals surface area contributed by atoms with Crippen molar-refractivity contribution in [2.45, 2.75) is 34.1 Å². The third kappa shape index (κ3) is 5.06. The zero-order valence-electron chi connectivity index (χ0n) is 19.4. The predicted molar refractivity (Wildman–Crippen MR) is 137 cm³/mol. The minimum Gasteiger partial charge on any atom is -0.394 e. The molecule has 0 amide bonds. The summed E-state index contributed by atoms with van der Waals surface area (Å²) in [6.07, 6.45) is 7.21. The summed E-state index contributed by atoms with van der Waals surface area (Å²) in [6, 6.07) is 21.8. The zero-order valence-corrected chi connectivity index (χ0v) is 19.4. The molecule has 3 rings (SSSR count). The minimum absolute atomic E-state index is 0.859. The van der Waals surface area contributed by atoms with Crippen LogP contribution in [0, 0.1) is 20.8 Å². The van der Waals surface area contributed by atoms with Crippen LogP contribution in [0.15, 0.2) is 85.1 Å². The Hall–Kier alpha value is -3.32. The van der Waals surface area contributed by atoms with Gasteiger partial charge in [-0.2, -0.15) is 0 Å². The molecule has 1 N–H and O–H groups in total. The highest BCUT2D eigenvalue weighted by atomic mass is 14.8. The van der Waals surface area contributed by atoms with Crippen molar-refractivity contribution < 1.29 is 0 Å². The van der Waals surface area contributed by atoms with Crippen LogP contribution in [0.2, 0.25) is 0 Å². The fourth-order valence-electron chi connectivity index (χ4n) is 4.10. The van der Waals surface area contributed by atoms with Gasteiger partial charge in [-0.1, -0.05) is 73.3 Å². The molecule has 0 bridgehead atoms. The van der Waals surface area contributed by atoms with Gasteiger partial charge in [0.1, 0.15) is 0 Å². The first-order valence-corrected chi connectivity index (χ1v) is 10.9. The van der Waals surface area contributed by atoms with Gasteiger partial charge in [-0.25, -0.2) is 0 Å². The number of hydrogen-bond donors (Lipinski definition) is 1. The summed E-state index contributed by atoms with van der Waals surface area (Å²) in [5, 5.41) is 3.12. The highest BCUT2D eigenvalue weighted by molar-refractivity contribution is 5.84. The molecule has 31 heavy (non-hydrogen) atoms. The molecule has 0 heterocycles. The van der Waals surface area contributed by atoms with E-state index in [9.17, 15) is 0 Å². The molecule has 3 aromatic rings. The lowest BCUT2D eigenvalue weighted by atomic mass is 9.88. The van der Waals surface area contributed by atoms with E-state index in [4.69, 9.17) is 0 Å². The molecule has 0 fully saturated rings. The molecular weight excluding hydrogens is 374 g/mol. The quantitative estimate of drug-likeness (QED) is 0.396. The van der Waals surface area contributed by atoms with Crippen molar-refractivity contribution in [3.05, 3.63) is 118 Å². The average Bonchev–Trinajstić information content (AvgIpc) is 2.76. The number of hydrogen-bond acceptors (Lipinski definition) is 1. The lowest BCUT2D eigenvalue weighted by Crippen LogP contribution is -1.98. The number of nitrogens with one attached hydrogen (secondary N) is 1. The van der Waals surface area contributed by atoms with E-state index in [1.165, 1.54) is 50.1 Å². The van der Waals surface area contributed by atoms with Crippen LogP contribution in [0.3, 0.4) is 0 Å². The van der Waals surface area contributed by atoms with Gasteiger partial charge in [-0.3, -0.25) is 0 Å². The number of benzene rings is 3. The molecule has 1 heteroatoms. The van der Waals surface area contributed by atoms with Crippen molar-refractivity contribution in [3.63, 3.8) is 0 Å². The summed E-state index contributed by atoms with van der Waals surface area (Å²) in [6.45, 7) is 13.1. The molecular formula is C30H33N. The van der Waals surface area contributed by atoms with Gasteiger partial charge in [-0.15, -0.1) is 0 Å². The minimum atomic E-state index is 0.859. The first-order valence-electron chi connectivity index (χ1n) is 10.9. The number of aryl methyl sites for hydroxylation is 2. The van der Waals surface area contributed by atoms with Crippen LogP contribution in [0.25, 0.3) is 22.8 Å². The molecule has 0 unspecified atom stereocenters. The second-order valence-electron chi connectivity index (χ2n) is 8.09. The maximum Gasteiger partial charge on any atom is 0.00277 e. The van der Waals surface area contributed by atoms with Gasteiger partial charge in [0.25, 0.3) is 0 Å². The summed E-state index contributed by atoms with van der Waals surface area (Å²) in [4.78, 5) is 0. The van der Waals surface area contributed by atoms with E-state index >= 15 is 0 Å². The van der Waals surface area contributed by atoms with E-state index < -0.39 is 0 Å². The van der Waals surface area contributed by atoms with E-state index in [1.807, 2.05) is 13.2 Å². The van der Waals surface area contributed by atoms with Crippen LogP contribution in [0.1, 0.15) is 40.3 Å². The second kappa shape index (κ2) is 10.1. The third-order valence-electron chi connectivity index (χ3n) is 5.96. The Morgan fingerprint density at radius 3 is 2.26 bits per heavy atom. The van der Waals surface area contributed by atoms with Crippen molar-refractivity contribution in [1.82, 2.24) is 5.32 Å². The Morgan fingerprint density at radius 1 is 0.903 bits per heavy atom. The highest BCUT2D eigenvalue weighted by Crippen LogP contribution is 2.34. The molecule has 0 spiro atoms. The fourth-order valence-corrected chi connectivity index (χ4v) is 4.10. The average molecular weight is 408 g/mol. The van der Waals surface area contributed by atoms with E-state index in [0.29, 0.717) is 0 Å². The third-order valence-corrected chi connectivity index (χ3v) is 5.96. The molecule has 0 radical (unpaired) electrons. The first-order chi connectivity index (χ1) is 15.0. The predicted octanol–water partition coefficient (Wildman–Crippen LogP) is 7.67. The van der Waals surface area contributed by atoms with Crippen molar-refractivity contribution in [2.24, 2.45) is 0 Å². The van der Waals surface area contributed by atoms with Crippen LogP contribution < -0.4 is 5.32 Å². The van der Waals surface area contributed by atoms with Crippen LogP contribution in [0.5, 0.6) is 0 Å². The van der Waals surface area contributed by atoms with Crippen molar-refractivity contribution in [1.29, 1.82) is 0 Å². The zero-order chi connectivity index (χ0) is 22.4. The van der Waals surface area contributed by atoms with Crippen LogP contribution >= 0.6 is 0 Å². The molecule has 0 aliphatic carbocycles. The van der Waals surface area contributed by atoms with Crippen LogP contribution in [0.4, 0.5) is 0 Å². The maximum atomic E-state index is 4.39. The van der Waals surface area contributed by atoms with Gasteiger partial charge in [0.15, 0.2) is 0 Å². The van der Waals surface area contributed by atoms with Gasteiger partial charge < -0.3 is 5.32 Å². The van der Waals surface area contributed by atoms with E-state index in [-0.39, 0.29) is 0 Å². The number of rotatable bonds is 7. The number of allylic oxidation sites excluding steroid dienone is 3. The Kier molecular flexibility index (Phi) is 7.31. The molecule has 158 valence electrons. The maximum absolute atomic E-state index is 4.39. The molecule has 0 aromatic heterocycles. The van der Waals surface area contributed by atoms with Crippen molar-refractivity contribution in [3.8, 4) is 11.1 Å². The largest absolute Gasteiger partial charge is 0.394 e. The Balaban J connectivity index is 1.97. The smallest absolute Gasteiger partial charge is 0.00277 e. The molecule has 0 saturated carbocycles. The normalized spacial score (nSPS) is 11.7. The van der Waals surface area contributed by atoms with Gasteiger partial charge in [0.05, 0.1) is 0 Å². The summed E-state index contributed by atoms with van der Waals surface area (Å²) in [5.74, 6) is 0. The lowest BCUT2D eigenvalue weighted by molar-refractivity contribution is 1.11. The topological polar surface area (TPSA) is 12.0 Å². The summed E-state index contributed by atoms with van der Waals surface area (Å²) >= 11 is 0. The Morgan fingerprint density at radius 2 is 1.61 bits per heavy atom. The monoisotopic (exact) mass is 407 g/mol. The molecule has 0 aliphatic heterocycles. The van der Waals surface area contributed by atoms with E-state index in [0.717, 1.165) is 12.0 Å². The Bertz CT molecular complexity index is 1130. The molecule has 0 saturated heterocycles. The van der Waals surface area contributed by atoms with Crippen molar-refractivity contribution >= 4 is 11.6 Å². The standard InChI is InChI=1S/C30H33N/c1-7-27(22(3)19-25-11-9-8-10-12-25)26-14-16-28(23(4)20-26)30-15-13-21(2)24(5)29(30)17-18-31-6/h7-18,20,31H,3,19H2,1-2,4-6H3/b18-17-,27-7+. The molecule has 1 nitrogen and oxygen atoms in total. The van der Waals surface area contributed by atoms with E-state index in [1.54, 1.807) is 0 Å². The van der Waals surface area contributed by atoms with Crippen LogP contribution in [-0.2, 0) is 6.42 Å².